The Morgan fingerprint density at radius 1 is 0.979 bits per heavy atom. The number of benzene rings is 3. The van der Waals surface area contributed by atoms with Gasteiger partial charge in [-0.15, -0.1) is 0 Å². The average molecular weight is 643 g/mol. The fourth-order valence-electron chi connectivity index (χ4n) is 5.95. The van der Waals surface area contributed by atoms with E-state index in [2.05, 4.69) is 15.8 Å². The predicted molar refractivity (Wildman–Crippen MR) is 177 cm³/mol. The van der Waals surface area contributed by atoms with Gasteiger partial charge in [0.2, 0.25) is 0 Å². The Bertz CT molecular complexity index is 1880. The van der Waals surface area contributed by atoms with Gasteiger partial charge in [-0.3, -0.25) is 14.9 Å². The lowest BCUT2D eigenvalue weighted by molar-refractivity contribution is -0.383. The first-order chi connectivity index (χ1) is 22.3. The van der Waals surface area contributed by atoms with Gasteiger partial charge < -0.3 is 30.5 Å². The lowest BCUT2D eigenvalue weighted by Gasteiger charge is -2.30. The number of nitrogens with zero attached hydrogens (tertiary/aromatic N) is 3. The van der Waals surface area contributed by atoms with Gasteiger partial charge in [-0.05, 0) is 74.9 Å². The lowest BCUT2D eigenvalue weighted by atomic mass is 9.91. The highest BCUT2D eigenvalue weighted by molar-refractivity contribution is 6.09. The van der Waals surface area contributed by atoms with E-state index in [-0.39, 0.29) is 41.2 Å². The second-order valence-corrected chi connectivity index (χ2v) is 12.6. The van der Waals surface area contributed by atoms with Gasteiger partial charge in [-0.25, -0.2) is 9.59 Å². The molecule has 0 atom stereocenters. The molecule has 0 saturated heterocycles. The minimum atomic E-state index is -0.655. The summed E-state index contributed by atoms with van der Waals surface area (Å²) in [6.07, 6.45) is 1.86. The number of hydrogen-bond acceptors (Lipinski definition) is 8. The predicted octanol–water partition coefficient (Wildman–Crippen LogP) is 5.50. The summed E-state index contributed by atoms with van der Waals surface area (Å²) in [5, 5.41) is 24.3. The summed E-state index contributed by atoms with van der Waals surface area (Å²) in [7, 11) is 0. The normalized spacial score (nSPS) is 16.9. The summed E-state index contributed by atoms with van der Waals surface area (Å²) in [6, 6.07) is 17.8. The highest BCUT2D eigenvalue weighted by Gasteiger charge is 2.34. The number of nitrogens with two attached hydrogens (primary N) is 1. The van der Waals surface area contributed by atoms with Crippen molar-refractivity contribution < 1.29 is 28.9 Å². The topological polar surface area (TPSA) is 180 Å². The first-order valence-electron chi connectivity index (χ1n) is 15.4. The van der Waals surface area contributed by atoms with Crippen molar-refractivity contribution in [3.63, 3.8) is 0 Å². The first kappa shape index (κ1) is 32.9. The van der Waals surface area contributed by atoms with Gasteiger partial charge >= 0.3 is 17.7 Å². The second kappa shape index (κ2) is 13.5. The number of alkyl carbamates (subject to hydrolysis) is 1. The van der Waals surface area contributed by atoms with Crippen molar-refractivity contribution in [3.8, 4) is 0 Å². The first-order valence-corrected chi connectivity index (χ1v) is 15.4. The van der Waals surface area contributed by atoms with Crippen LogP contribution in [0.1, 0.15) is 75.0 Å². The van der Waals surface area contributed by atoms with Crippen molar-refractivity contribution in [3.05, 3.63) is 87.6 Å². The molecule has 4 aromatic rings. The van der Waals surface area contributed by atoms with E-state index in [1.54, 1.807) is 31.4 Å². The molecule has 1 aromatic heterocycles. The number of amides is 2. The SMILES string of the molecule is CC(=O)ON=C(N)c1ccc2c([N+](=O)[O-])c(C(=O)N[C@H]3CC[C@H](NC(=O)OC(C)(C)C)CC3)n(Cc3cccc4ccccc34)c2c1. The van der Waals surface area contributed by atoms with Crippen molar-refractivity contribution >= 4 is 51.2 Å². The number of carbonyl (C=O) groups excluding carboxylic acids is 3. The van der Waals surface area contributed by atoms with E-state index >= 15 is 0 Å². The van der Waals surface area contributed by atoms with Crippen molar-refractivity contribution in [1.82, 2.24) is 15.2 Å². The molecule has 13 heteroatoms. The van der Waals surface area contributed by atoms with Crippen LogP contribution in [-0.2, 0) is 20.9 Å². The molecule has 5 rings (SSSR count). The highest BCUT2D eigenvalue weighted by atomic mass is 16.7. The zero-order valence-corrected chi connectivity index (χ0v) is 26.7. The van der Waals surface area contributed by atoms with Crippen molar-refractivity contribution in [2.75, 3.05) is 0 Å². The van der Waals surface area contributed by atoms with Gasteiger partial charge in [0.1, 0.15) is 5.60 Å². The summed E-state index contributed by atoms with van der Waals surface area (Å²) in [5.41, 5.74) is 6.63. The van der Waals surface area contributed by atoms with Crippen LogP contribution in [-0.4, -0.2) is 51.0 Å². The molecule has 3 aromatic carbocycles. The minimum absolute atomic E-state index is 0.0976. The molecular weight excluding hydrogens is 604 g/mol. The van der Waals surface area contributed by atoms with E-state index in [0.717, 1.165) is 16.3 Å². The van der Waals surface area contributed by atoms with Crippen LogP contribution >= 0.6 is 0 Å². The molecule has 1 heterocycles. The molecule has 0 spiro atoms. The number of fused-ring (bicyclic) bond motifs is 2. The van der Waals surface area contributed by atoms with Gasteiger partial charge in [-0.1, -0.05) is 53.7 Å². The van der Waals surface area contributed by atoms with E-state index < -0.39 is 28.5 Å². The molecule has 47 heavy (non-hydrogen) atoms. The molecule has 4 N–H and O–H groups in total. The molecule has 13 nitrogen and oxygen atoms in total. The van der Waals surface area contributed by atoms with Crippen LogP contribution in [0.3, 0.4) is 0 Å². The van der Waals surface area contributed by atoms with Crippen LogP contribution in [0.25, 0.3) is 21.7 Å². The van der Waals surface area contributed by atoms with Gasteiger partial charge in [0.25, 0.3) is 5.91 Å². The third-order valence-electron chi connectivity index (χ3n) is 8.00. The van der Waals surface area contributed by atoms with E-state index in [0.29, 0.717) is 36.8 Å². The molecule has 0 aliphatic heterocycles. The molecule has 0 radical (unpaired) electrons. The Balaban J connectivity index is 1.51. The molecule has 2 amide bonds. The van der Waals surface area contributed by atoms with Crippen LogP contribution in [0.15, 0.2) is 65.8 Å². The molecule has 0 bridgehead atoms. The van der Waals surface area contributed by atoms with Crippen molar-refractivity contribution in [2.24, 2.45) is 10.9 Å². The Kier molecular flexibility index (Phi) is 9.45. The Morgan fingerprint density at radius 2 is 1.64 bits per heavy atom. The van der Waals surface area contributed by atoms with Crippen molar-refractivity contribution in [1.29, 1.82) is 0 Å². The number of carbonyl (C=O) groups is 3. The number of nitro groups is 1. The summed E-state index contributed by atoms with van der Waals surface area (Å²) in [6.45, 7) is 6.72. The molecule has 1 aliphatic rings. The average Bonchev–Trinajstić information content (AvgIpc) is 3.33. The molecular formula is C34H38N6O7. The monoisotopic (exact) mass is 642 g/mol. The van der Waals surface area contributed by atoms with Gasteiger partial charge in [0.05, 0.1) is 15.8 Å². The Labute approximate surface area is 271 Å². The largest absolute Gasteiger partial charge is 0.444 e. The van der Waals surface area contributed by atoms with Gasteiger partial charge in [0, 0.05) is 31.1 Å². The zero-order valence-electron chi connectivity index (χ0n) is 26.7. The third kappa shape index (κ3) is 7.68. The number of nitrogens with one attached hydrogen (secondary N) is 2. The number of amidine groups is 1. The zero-order chi connectivity index (χ0) is 33.9. The molecule has 1 aliphatic carbocycles. The van der Waals surface area contributed by atoms with E-state index in [9.17, 15) is 24.5 Å². The van der Waals surface area contributed by atoms with Gasteiger partial charge in [0.15, 0.2) is 11.5 Å². The van der Waals surface area contributed by atoms with E-state index in [1.165, 1.54) is 19.1 Å². The van der Waals surface area contributed by atoms with Crippen molar-refractivity contribution in [2.45, 2.75) is 77.6 Å². The van der Waals surface area contributed by atoms with Crippen LogP contribution in [0, 0.1) is 10.1 Å². The fraction of sp³-hybridized carbons (Fsp3) is 0.353. The molecule has 1 saturated carbocycles. The summed E-state index contributed by atoms with van der Waals surface area (Å²) < 4.78 is 6.99. The fourth-order valence-corrected chi connectivity index (χ4v) is 5.95. The van der Waals surface area contributed by atoms with Crippen LogP contribution in [0.2, 0.25) is 0 Å². The third-order valence-corrected chi connectivity index (χ3v) is 8.00. The number of aromatic nitrogens is 1. The number of oxime groups is 1. The maximum Gasteiger partial charge on any atom is 0.407 e. The van der Waals surface area contributed by atoms with Gasteiger partial charge in [-0.2, -0.15) is 0 Å². The van der Waals surface area contributed by atoms with E-state index in [1.807, 2.05) is 42.5 Å². The standard InChI is InChI=1S/C34H38N6O7/c1-20(41)47-38-31(35)22-12-17-27-28(18-22)39(19-23-10-7-9-21-8-5-6-11-26(21)23)30(29(27)40(44)45)32(42)36-24-13-15-25(16-14-24)37-33(43)46-34(2,3)4/h5-12,17-18,24-25H,13-16,19H2,1-4H3,(H2,35,38)(H,36,42)(H,37,43)/t24-,25-. The summed E-state index contributed by atoms with van der Waals surface area (Å²) in [4.78, 5) is 54.4. The molecule has 246 valence electrons. The van der Waals surface area contributed by atoms with Crippen LogP contribution < -0.4 is 16.4 Å². The summed E-state index contributed by atoms with van der Waals surface area (Å²) in [5.74, 6) is -1.34. The number of hydrogen-bond donors (Lipinski definition) is 3. The van der Waals surface area contributed by atoms with Crippen LogP contribution in [0.4, 0.5) is 10.5 Å². The highest BCUT2D eigenvalue weighted by Crippen LogP contribution is 2.35. The minimum Gasteiger partial charge on any atom is -0.444 e. The lowest BCUT2D eigenvalue weighted by Crippen LogP contribution is -2.45. The second-order valence-electron chi connectivity index (χ2n) is 12.6. The smallest absolute Gasteiger partial charge is 0.407 e. The number of rotatable bonds is 8. The Hall–Kier alpha value is -5.46. The summed E-state index contributed by atoms with van der Waals surface area (Å²) >= 11 is 0. The number of ether oxygens (including phenoxy) is 1. The quantitative estimate of drug-likeness (QED) is 0.0741. The maximum absolute atomic E-state index is 14.1. The Morgan fingerprint density at radius 3 is 2.30 bits per heavy atom. The molecule has 1 fully saturated rings. The molecule has 0 unspecified atom stereocenters. The van der Waals surface area contributed by atoms with Crippen LogP contribution in [0.5, 0.6) is 0 Å². The van der Waals surface area contributed by atoms with E-state index in [4.69, 9.17) is 15.3 Å². The maximum atomic E-state index is 14.1.